The van der Waals surface area contributed by atoms with Gasteiger partial charge in [0.25, 0.3) is 11.8 Å². The molecule has 0 fully saturated rings. The zero-order valence-electron chi connectivity index (χ0n) is 9.73. The quantitative estimate of drug-likeness (QED) is 0.280. The number of hydrogen-bond acceptors (Lipinski definition) is 5. The Bertz CT molecular complexity index is 473. The Morgan fingerprint density at radius 1 is 1.17 bits per heavy atom. The monoisotopic (exact) mass is 251 g/mol. The van der Waals surface area contributed by atoms with Crippen LogP contribution in [0.2, 0.25) is 0 Å². The Morgan fingerprint density at radius 2 is 1.72 bits per heavy atom. The van der Waals surface area contributed by atoms with Crippen molar-refractivity contribution in [2.45, 2.75) is 0 Å². The van der Waals surface area contributed by atoms with Crippen LogP contribution in [0.5, 0.6) is 0 Å². The molecular formula is C11H13N3O4. The third kappa shape index (κ3) is 3.29. The molecule has 0 saturated heterocycles. The number of rotatable bonds is 4. The molecule has 2 amide bonds. The lowest BCUT2D eigenvalue weighted by molar-refractivity contribution is -0.139. The zero-order chi connectivity index (χ0) is 13.5. The van der Waals surface area contributed by atoms with E-state index in [2.05, 4.69) is 10.1 Å². The first-order valence-corrected chi connectivity index (χ1v) is 5.05. The predicted octanol–water partition coefficient (Wildman–Crippen LogP) is -0.807. The molecule has 0 bridgehead atoms. The number of benzene rings is 1. The molecule has 0 heterocycles. The van der Waals surface area contributed by atoms with Crippen molar-refractivity contribution in [3.63, 3.8) is 0 Å². The van der Waals surface area contributed by atoms with Crippen molar-refractivity contribution >= 4 is 17.8 Å². The minimum Gasteiger partial charge on any atom is -0.468 e. The molecular weight excluding hydrogens is 238 g/mol. The number of carbonyl (C=O) groups excluding carboxylic acids is 3. The van der Waals surface area contributed by atoms with Crippen LogP contribution >= 0.6 is 0 Å². The van der Waals surface area contributed by atoms with Crippen LogP contribution in [-0.4, -0.2) is 31.4 Å². The van der Waals surface area contributed by atoms with Gasteiger partial charge < -0.3 is 10.1 Å². The second kappa shape index (κ2) is 6.36. The molecule has 0 radical (unpaired) electrons. The van der Waals surface area contributed by atoms with E-state index in [1.165, 1.54) is 19.2 Å². The van der Waals surface area contributed by atoms with Gasteiger partial charge in [-0.05, 0) is 12.1 Å². The van der Waals surface area contributed by atoms with Gasteiger partial charge in [-0.2, -0.15) is 0 Å². The average Bonchev–Trinajstić information content (AvgIpc) is 2.43. The van der Waals surface area contributed by atoms with E-state index < -0.39 is 17.8 Å². The molecule has 0 unspecified atom stereocenters. The summed E-state index contributed by atoms with van der Waals surface area (Å²) in [6, 6.07) is 6.11. The van der Waals surface area contributed by atoms with Crippen LogP contribution < -0.4 is 16.6 Å². The first-order valence-electron chi connectivity index (χ1n) is 5.05. The molecule has 1 aromatic carbocycles. The van der Waals surface area contributed by atoms with Crippen LogP contribution in [0.25, 0.3) is 0 Å². The molecule has 0 spiro atoms. The van der Waals surface area contributed by atoms with Gasteiger partial charge in [0.05, 0.1) is 18.2 Å². The van der Waals surface area contributed by atoms with Gasteiger partial charge in [0.2, 0.25) is 0 Å². The van der Waals surface area contributed by atoms with Crippen molar-refractivity contribution < 1.29 is 19.1 Å². The first kappa shape index (κ1) is 13.7. The van der Waals surface area contributed by atoms with E-state index in [1.807, 2.05) is 5.43 Å². The summed E-state index contributed by atoms with van der Waals surface area (Å²) >= 11 is 0. The largest absolute Gasteiger partial charge is 0.468 e. The second-order valence-corrected chi connectivity index (χ2v) is 3.28. The second-order valence-electron chi connectivity index (χ2n) is 3.28. The number of methoxy groups -OCH3 is 1. The standard InChI is InChI=1S/C11H13N3O4/c1-18-9(15)6-13-10(16)7-4-2-3-5-8(7)11(17)14-12/h2-5H,6,12H2,1H3,(H,13,16)(H,14,17). The minimum absolute atomic E-state index is 0.127. The van der Waals surface area contributed by atoms with E-state index in [-0.39, 0.29) is 17.7 Å². The number of esters is 1. The van der Waals surface area contributed by atoms with E-state index in [0.29, 0.717) is 0 Å². The van der Waals surface area contributed by atoms with Crippen molar-refractivity contribution in [1.29, 1.82) is 0 Å². The summed E-state index contributed by atoms with van der Waals surface area (Å²) in [6.07, 6.45) is 0. The number of nitrogens with two attached hydrogens (primary N) is 1. The normalized spacial score (nSPS) is 9.44. The van der Waals surface area contributed by atoms with E-state index >= 15 is 0 Å². The van der Waals surface area contributed by atoms with Crippen molar-refractivity contribution in [2.24, 2.45) is 5.84 Å². The molecule has 18 heavy (non-hydrogen) atoms. The average molecular weight is 251 g/mol. The van der Waals surface area contributed by atoms with Crippen LogP contribution in [-0.2, 0) is 9.53 Å². The van der Waals surface area contributed by atoms with Gasteiger partial charge in [-0.3, -0.25) is 19.8 Å². The number of ether oxygens (including phenoxy) is 1. The van der Waals surface area contributed by atoms with Crippen molar-refractivity contribution in [1.82, 2.24) is 10.7 Å². The molecule has 0 atom stereocenters. The zero-order valence-corrected chi connectivity index (χ0v) is 9.73. The molecule has 0 aliphatic carbocycles. The van der Waals surface area contributed by atoms with Crippen LogP contribution in [0.15, 0.2) is 24.3 Å². The molecule has 96 valence electrons. The van der Waals surface area contributed by atoms with Crippen molar-refractivity contribution in [2.75, 3.05) is 13.7 Å². The van der Waals surface area contributed by atoms with E-state index in [0.717, 1.165) is 0 Å². The van der Waals surface area contributed by atoms with Gasteiger partial charge in [-0.15, -0.1) is 0 Å². The fourth-order valence-electron chi connectivity index (χ4n) is 1.28. The highest BCUT2D eigenvalue weighted by Gasteiger charge is 2.16. The summed E-state index contributed by atoms with van der Waals surface area (Å²) in [5.41, 5.74) is 2.20. The highest BCUT2D eigenvalue weighted by molar-refractivity contribution is 6.07. The van der Waals surface area contributed by atoms with Crippen molar-refractivity contribution in [3.05, 3.63) is 35.4 Å². The summed E-state index contributed by atoms with van der Waals surface area (Å²) in [5, 5.41) is 2.33. The maximum absolute atomic E-state index is 11.8. The number of nitrogens with one attached hydrogen (secondary N) is 2. The lowest BCUT2D eigenvalue weighted by atomic mass is 10.1. The third-order valence-corrected chi connectivity index (χ3v) is 2.17. The Morgan fingerprint density at radius 3 is 2.22 bits per heavy atom. The van der Waals surface area contributed by atoms with Gasteiger partial charge in [0.15, 0.2) is 0 Å². The molecule has 1 rings (SSSR count). The molecule has 0 saturated carbocycles. The van der Waals surface area contributed by atoms with E-state index in [1.54, 1.807) is 12.1 Å². The van der Waals surface area contributed by atoms with Crippen LogP contribution in [0.3, 0.4) is 0 Å². The summed E-state index contributed by atoms with van der Waals surface area (Å²) in [7, 11) is 1.21. The predicted molar refractivity (Wildman–Crippen MR) is 62.4 cm³/mol. The Labute approximate surface area is 103 Å². The molecule has 1 aromatic rings. The minimum atomic E-state index is -0.584. The Hall–Kier alpha value is -2.41. The molecule has 7 nitrogen and oxygen atoms in total. The summed E-state index contributed by atoms with van der Waals surface area (Å²) in [6.45, 7) is -0.270. The van der Waals surface area contributed by atoms with Gasteiger partial charge in [0.1, 0.15) is 6.54 Å². The number of carbonyl (C=O) groups is 3. The lowest BCUT2D eigenvalue weighted by Crippen LogP contribution is -2.34. The van der Waals surface area contributed by atoms with Gasteiger partial charge in [-0.1, -0.05) is 12.1 Å². The highest BCUT2D eigenvalue weighted by Crippen LogP contribution is 2.08. The van der Waals surface area contributed by atoms with Crippen LogP contribution in [0.4, 0.5) is 0 Å². The number of hydrogen-bond donors (Lipinski definition) is 3. The molecule has 0 aromatic heterocycles. The Kier molecular flexibility index (Phi) is 4.82. The maximum Gasteiger partial charge on any atom is 0.325 e. The molecule has 0 aliphatic heterocycles. The van der Waals surface area contributed by atoms with Crippen molar-refractivity contribution in [3.8, 4) is 0 Å². The fraction of sp³-hybridized carbons (Fsp3) is 0.182. The molecule has 7 heteroatoms. The SMILES string of the molecule is COC(=O)CNC(=O)c1ccccc1C(=O)NN. The van der Waals surface area contributed by atoms with Gasteiger partial charge in [-0.25, -0.2) is 5.84 Å². The molecule has 0 aliphatic rings. The first-order chi connectivity index (χ1) is 8.60. The van der Waals surface area contributed by atoms with Gasteiger partial charge in [0, 0.05) is 0 Å². The van der Waals surface area contributed by atoms with E-state index in [4.69, 9.17) is 5.84 Å². The summed E-state index contributed by atoms with van der Waals surface area (Å²) in [4.78, 5) is 34.1. The topological polar surface area (TPSA) is 111 Å². The Balaban J connectivity index is 2.85. The van der Waals surface area contributed by atoms with Crippen LogP contribution in [0, 0.1) is 0 Å². The molecule has 4 N–H and O–H groups in total. The maximum atomic E-state index is 11.8. The number of nitrogen functional groups attached to an aromatic ring is 1. The smallest absolute Gasteiger partial charge is 0.325 e. The van der Waals surface area contributed by atoms with Gasteiger partial charge >= 0.3 is 5.97 Å². The fourth-order valence-corrected chi connectivity index (χ4v) is 1.28. The summed E-state index contributed by atoms with van der Waals surface area (Å²) < 4.78 is 4.38. The lowest BCUT2D eigenvalue weighted by Gasteiger charge is -2.08. The summed E-state index contributed by atoms with van der Waals surface area (Å²) in [5.74, 6) is 3.29. The highest BCUT2D eigenvalue weighted by atomic mass is 16.5. The van der Waals surface area contributed by atoms with Crippen LogP contribution in [0.1, 0.15) is 20.7 Å². The number of amides is 2. The third-order valence-electron chi connectivity index (χ3n) is 2.17. The number of hydrazine groups is 1. The van der Waals surface area contributed by atoms with E-state index in [9.17, 15) is 14.4 Å².